The van der Waals surface area contributed by atoms with Crippen molar-refractivity contribution < 1.29 is 9.53 Å². The normalized spacial score (nSPS) is 11.2. The third kappa shape index (κ3) is 4.09. The van der Waals surface area contributed by atoms with Crippen molar-refractivity contribution in [2.24, 2.45) is 0 Å². The second-order valence-electron chi connectivity index (χ2n) is 6.01. The van der Waals surface area contributed by atoms with Gasteiger partial charge in [-0.3, -0.25) is 4.79 Å². The molecule has 0 radical (unpaired) electrons. The molecule has 1 amide bonds. The lowest BCUT2D eigenvalue weighted by Gasteiger charge is -2.08. The highest BCUT2D eigenvalue weighted by Gasteiger charge is 2.05. The van der Waals surface area contributed by atoms with E-state index in [2.05, 4.69) is 35.0 Å². The lowest BCUT2D eigenvalue weighted by atomic mass is 10.2. The highest BCUT2D eigenvalue weighted by atomic mass is 35.5. The van der Waals surface area contributed by atoms with Crippen LogP contribution in [0.5, 0.6) is 5.75 Å². The number of nitrogens with one attached hydrogen (secondary N) is 1. The van der Waals surface area contributed by atoms with Crippen LogP contribution in [0.3, 0.4) is 0 Å². The molecule has 0 bridgehead atoms. The Balaban J connectivity index is 1.58. The second kappa shape index (κ2) is 8.11. The summed E-state index contributed by atoms with van der Waals surface area (Å²) in [6, 6.07) is 15.8. The van der Waals surface area contributed by atoms with Gasteiger partial charge in [-0.25, -0.2) is 0 Å². The van der Waals surface area contributed by atoms with Crippen molar-refractivity contribution >= 4 is 34.5 Å². The lowest BCUT2D eigenvalue weighted by molar-refractivity contribution is -0.116. The predicted molar refractivity (Wildman–Crippen MR) is 107 cm³/mol. The molecular weight excluding hydrogens is 348 g/mol. The number of methoxy groups -OCH3 is 1. The van der Waals surface area contributed by atoms with E-state index in [1.165, 1.54) is 22.7 Å². The Morgan fingerprint density at radius 2 is 2.04 bits per heavy atom. The number of halogens is 1. The van der Waals surface area contributed by atoms with E-state index in [0.29, 0.717) is 17.3 Å². The Morgan fingerprint density at radius 3 is 2.85 bits per heavy atom. The molecule has 0 spiro atoms. The van der Waals surface area contributed by atoms with Crippen LogP contribution in [-0.2, 0) is 11.3 Å². The van der Waals surface area contributed by atoms with Crippen LogP contribution < -0.4 is 10.1 Å². The number of hydrogen-bond donors (Lipinski definition) is 1. The number of hydrogen-bond acceptors (Lipinski definition) is 2. The number of benzene rings is 2. The molecule has 0 saturated carbocycles. The van der Waals surface area contributed by atoms with Crippen molar-refractivity contribution in [3.05, 3.63) is 70.9 Å². The van der Waals surface area contributed by atoms with Gasteiger partial charge in [-0.1, -0.05) is 35.9 Å². The number of aromatic nitrogens is 1. The predicted octanol–water partition coefficient (Wildman–Crippen LogP) is 4.44. The molecule has 0 atom stereocenters. The van der Waals surface area contributed by atoms with Gasteiger partial charge < -0.3 is 14.6 Å². The van der Waals surface area contributed by atoms with Crippen LogP contribution in [0.4, 0.5) is 0 Å². The van der Waals surface area contributed by atoms with Gasteiger partial charge in [0.2, 0.25) is 5.91 Å². The Kier molecular flexibility index (Phi) is 5.64. The smallest absolute Gasteiger partial charge is 0.244 e. The Morgan fingerprint density at radius 1 is 1.23 bits per heavy atom. The number of rotatable bonds is 6. The van der Waals surface area contributed by atoms with E-state index in [-0.39, 0.29) is 5.91 Å². The number of carbonyl (C=O) groups excluding carboxylic acids is 1. The Hall–Kier alpha value is -2.72. The first-order valence-corrected chi connectivity index (χ1v) is 8.80. The fourth-order valence-electron chi connectivity index (χ4n) is 2.95. The fraction of sp³-hybridized carbons (Fsp3) is 0.190. The van der Waals surface area contributed by atoms with Gasteiger partial charge in [0.15, 0.2) is 0 Å². The first-order chi connectivity index (χ1) is 12.6. The van der Waals surface area contributed by atoms with E-state index >= 15 is 0 Å². The number of para-hydroxylation sites is 1. The number of aryl methyl sites for hydroxylation is 1. The lowest BCUT2D eigenvalue weighted by Crippen LogP contribution is -2.25. The van der Waals surface area contributed by atoms with Gasteiger partial charge in [0.1, 0.15) is 5.75 Å². The Bertz CT molecular complexity index is 960. The van der Waals surface area contributed by atoms with Gasteiger partial charge in [-0.15, -0.1) is 0 Å². The van der Waals surface area contributed by atoms with Gasteiger partial charge in [-0.05, 0) is 48.2 Å². The summed E-state index contributed by atoms with van der Waals surface area (Å²) in [7, 11) is 1.56. The summed E-state index contributed by atoms with van der Waals surface area (Å²) in [6.07, 6.45) is 3.26. The largest absolute Gasteiger partial charge is 0.495 e. The zero-order valence-electron chi connectivity index (χ0n) is 14.8. The molecule has 134 valence electrons. The molecule has 0 aliphatic heterocycles. The molecule has 5 heteroatoms. The summed E-state index contributed by atoms with van der Waals surface area (Å²) in [4.78, 5) is 12.1. The molecular formula is C21H21ClN2O2. The van der Waals surface area contributed by atoms with E-state index < -0.39 is 0 Å². The van der Waals surface area contributed by atoms with Gasteiger partial charge in [0.25, 0.3) is 0 Å². The monoisotopic (exact) mass is 368 g/mol. The SMILES string of the molecule is COc1cc(C=CC(=O)NCCn2c(C)cc3ccccc32)ccc1Cl. The molecule has 0 fully saturated rings. The summed E-state index contributed by atoms with van der Waals surface area (Å²) in [5.74, 6) is 0.456. The van der Waals surface area contributed by atoms with E-state index in [0.717, 1.165) is 12.1 Å². The van der Waals surface area contributed by atoms with Crippen molar-refractivity contribution in [2.75, 3.05) is 13.7 Å². The molecule has 3 rings (SSSR count). The minimum atomic E-state index is -0.131. The Labute approximate surface area is 158 Å². The summed E-state index contributed by atoms with van der Waals surface area (Å²) in [5.41, 5.74) is 3.22. The molecule has 1 aromatic heterocycles. The van der Waals surface area contributed by atoms with E-state index in [9.17, 15) is 4.79 Å². The van der Waals surface area contributed by atoms with Crippen molar-refractivity contribution in [3.63, 3.8) is 0 Å². The van der Waals surface area contributed by atoms with Crippen LogP contribution in [0, 0.1) is 6.92 Å². The first kappa shape index (κ1) is 18.1. The van der Waals surface area contributed by atoms with Crippen molar-refractivity contribution in [3.8, 4) is 5.75 Å². The third-order valence-corrected chi connectivity index (χ3v) is 4.57. The van der Waals surface area contributed by atoms with Crippen molar-refractivity contribution in [1.29, 1.82) is 0 Å². The molecule has 4 nitrogen and oxygen atoms in total. The summed E-state index contributed by atoms with van der Waals surface area (Å²) >= 11 is 6.00. The average molecular weight is 369 g/mol. The first-order valence-electron chi connectivity index (χ1n) is 8.43. The van der Waals surface area contributed by atoms with Crippen LogP contribution in [-0.4, -0.2) is 24.1 Å². The van der Waals surface area contributed by atoms with Crippen molar-refractivity contribution in [2.45, 2.75) is 13.5 Å². The van der Waals surface area contributed by atoms with Gasteiger partial charge in [0.05, 0.1) is 12.1 Å². The summed E-state index contributed by atoms with van der Waals surface area (Å²) in [5, 5.41) is 4.68. The van der Waals surface area contributed by atoms with E-state index in [1.807, 2.05) is 18.2 Å². The quantitative estimate of drug-likeness (QED) is 0.653. The standard InChI is InChI=1S/C21H21ClN2O2/c1-15-13-17-5-3-4-6-19(17)24(15)12-11-23-21(25)10-8-16-7-9-18(22)20(14-16)26-2/h3-10,13-14H,11-12H2,1-2H3,(H,23,25). The number of ether oxygens (including phenoxy) is 1. The maximum absolute atomic E-state index is 12.1. The summed E-state index contributed by atoms with van der Waals surface area (Å²) < 4.78 is 7.39. The highest BCUT2D eigenvalue weighted by molar-refractivity contribution is 6.32. The minimum Gasteiger partial charge on any atom is -0.495 e. The molecule has 0 saturated heterocycles. The number of carbonyl (C=O) groups is 1. The number of nitrogens with zero attached hydrogens (tertiary/aromatic N) is 1. The van der Waals surface area contributed by atoms with Gasteiger partial charge in [-0.2, -0.15) is 0 Å². The van der Waals surface area contributed by atoms with Crippen LogP contribution >= 0.6 is 11.6 Å². The maximum atomic E-state index is 12.1. The molecule has 0 aliphatic carbocycles. The third-order valence-electron chi connectivity index (χ3n) is 4.25. The molecule has 1 heterocycles. The average Bonchev–Trinajstić information content (AvgIpc) is 2.96. The van der Waals surface area contributed by atoms with Gasteiger partial charge in [0, 0.05) is 30.4 Å². The molecule has 0 aliphatic rings. The fourth-order valence-corrected chi connectivity index (χ4v) is 3.14. The summed E-state index contributed by atoms with van der Waals surface area (Å²) in [6.45, 7) is 3.37. The maximum Gasteiger partial charge on any atom is 0.244 e. The number of amides is 1. The van der Waals surface area contributed by atoms with Crippen LogP contribution in [0.15, 0.2) is 54.6 Å². The van der Waals surface area contributed by atoms with Gasteiger partial charge >= 0.3 is 0 Å². The van der Waals surface area contributed by atoms with E-state index in [1.54, 1.807) is 25.3 Å². The van der Waals surface area contributed by atoms with Crippen LogP contribution in [0.2, 0.25) is 5.02 Å². The van der Waals surface area contributed by atoms with Crippen LogP contribution in [0.25, 0.3) is 17.0 Å². The molecule has 2 aromatic carbocycles. The minimum absolute atomic E-state index is 0.131. The zero-order valence-corrected chi connectivity index (χ0v) is 15.6. The van der Waals surface area contributed by atoms with Crippen molar-refractivity contribution in [1.82, 2.24) is 9.88 Å². The molecule has 1 N–H and O–H groups in total. The zero-order chi connectivity index (χ0) is 18.5. The number of fused-ring (bicyclic) bond motifs is 1. The van der Waals surface area contributed by atoms with E-state index in [4.69, 9.17) is 16.3 Å². The molecule has 3 aromatic rings. The highest BCUT2D eigenvalue weighted by Crippen LogP contribution is 2.25. The molecule has 0 unspecified atom stereocenters. The molecule has 26 heavy (non-hydrogen) atoms. The van der Waals surface area contributed by atoms with Crippen LogP contribution in [0.1, 0.15) is 11.3 Å². The topological polar surface area (TPSA) is 43.3 Å². The second-order valence-corrected chi connectivity index (χ2v) is 6.42.